The largest absolute Gasteiger partial charge is 0.228 e. The van der Waals surface area contributed by atoms with Gasteiger partial charge in [0.2, 0.25) is 0 Å². The lowest BCUT2D eigenvalue weighted by molar-refractivity contribution is 0.889. The molecule has 80 valence electrons. The second-order valence-electron chi connectivity index (χ2n) is 3.09. The van der Waals surface area contributed by atoms with Crippen LogP contribution in [0, 0.1) is 13.8 Å². The number of hydrogen-bond acceptors (Lipinski definition) is 4. The molecule has 0 aliphatic carbocycles. The molecular formula is C9H13N5S. The molecule has 0 aliphatic heterocycles. The van der Waals surface area contributed by atoms with Crippen molar-refractivity contribution in [1.29, 1.82) is 0 Å². The van der Waals surface area contributed by atoms with E-state index in [4.69, 9.17) is 5.53 Å². The summed E-state index contributed by atoms with van der Waals surface area (Å²) >= 11 is 1.59. The standard InChI is InChI=1S/C9H13N5S/c1-7-6-8(2)13-9(12-7)15-5-3-4-11-14-10/h6H,3-5H2,1-2H3. The van der Waals surface area contributed by atoms with Crippen molar-refractivity contribution in [3.63, 3.8) is 0 Å². The van der Waals surface area contributed by atoms with E-state index in [1.807, 2.05) is 19.9 Å². The van der Waals surface area contributed by atoms with Crippen LogP contribution in [0.1, 0.15) is 17.8 Å². The van der Waals surface area contributed by atoms with E-state index < -0.39 is 0 Å². The van der Waals surface area contributed by atoms with Crippen molar-refractivity contribution >= 4 is 11.8 Å². The third kappa shape index (κ3) is 4.67. The van der Waals surface area contributed by atoms with Crippen molar-refractivity contribution in [1.82, 2.24) is 9.97 Å². The van der Waals surface area contributed by atoms with Gasteiger partial charge in [0.05, 0.1) is 0 Å². The van der Waals surface area contributed by atoms with Crippen LogP contribution in [0.3, 0.4) is 0 Å². The fourth-order valence-corrected chi connectivity index (χ4v) is 1.97. The molecule has 0 amide bonds. The second kappa shape index (κ2) is 6.27. The quantitative estimate of drug-likeness (QED) is 0.192. The van der Waals surface area contributed by atoms with Crippen LogP contribution in [0.5, 0.6) is 0 Å². The molecule has 0 radical (unpaired) electrons. The Balaban J connectivity index is 2.40. The number of azide groups is 1. The zero-order chi connectivity index (χ0) is 11.1. The molecule has 6 heteroatoms. The smallest absolute Gasteiger partial charge is 0.187 e. The monoisotopic (exact) mass is 223 g/mol. The molecule has 1 heterocycles. The van der Waals surface area contributed by atoms with Crippen LogP contribution in [-0.4, -0.2) is 22.3 Å². The van der Waals surface area contributed by atoms with E-state index in [2.05, 4.69) is 20.0 Å². The highest BCUT2D eigenvalue weighted by Crippen LogP contribution is 2.14. The molecule has 5 nitrogen and oxygen atoms in total. The zero-order valence-electron chi connectivity index (χ0n) is 8.84. The molecule has 0 N–H and O–H groups in total. The third-order valence-corrected chi connectivity index (χ3v) is 2.59. The summed E-state index contributed by atoms with van der Waals surface area (Å²) in [5.41, 5.74) is 10.1. The first-order valence-corrected chi connectivity index (χ1v) is 5.67. The summed E-state index contributed by atoms with van der Waals surface area (Å²) in [6.07, 6.45) is 0.852. The minimum Gasteiger partial charge on any atom is -0.228 e. The molecule has 1 aromatic rings. The minimum absolute atomic E-state index is 0.536. The maximum absolute atomic E-state index is 8.08. The summed E-state index contributed by atoms with van der Waals surface area (Å²) in [6.45, 7) is 4.45. The van der Waals surface area contributed by atoms with Gasteiger partial charge in [0.25, 0.3) is 0 Å². The van der Waals surface area contributed by atoms with E-state index in [1.54, 1.807) is 11.8 Å². The summed E-state index contributed by atoms with van der Waals surface area (Å²) < 4.78 is 0. The number of rotatable bonds is 5. The minimum atomic E-state index is 0.536. The fraction of sp³-hybridized carbons (Fsp3) is 0.556. The summed E-state index contributed by atoms with van der Waals surface area (Å²) in [5, 5.41) is 4.26. The number of thioether (sulfide) groups is 1. The number of aryl methyl sites for hydroxylation is 2. The molecule has 0 aliphatic rings. The van der Waals surface area contributed by atoms with Gasteiger partial charge in [0.15, 0.2) is 5.16 Å². The van der Waals surface area contributed by atoms with Gasteiger partial charge in [-0.3, -0.25) is 0 Å². The Morgan fingerprint density at radius 2 is 2.07 bits per heavy atom. The van der Waals surface area contributed by atoms with Gasteiger partial charge < -0.3 is 0 Å². The van der Waals surface area contributed by atoms with Gasteiger partial charge in [-0.1, -0.05) is 16.9 Å². The summed E-state index contributed by atoms with van der Waals surface area (Å²) in [6, 6.07) is 1.95. The van der Waals surface area contributed by atoms with Gasteiger partial charge in [0, 0.05) is 28.6 Å². The summed E-state index contributed by atoms with van der Waals surface area (Å²) in [5.74, 6) is 0.877. The summed E-state index contributed by atoms with van der Waals surface area (Å²) in [7, 11) is 0. The lowest BCUT2D eigenvalue weighted by Crippen LogP contribution is -1.94. The molecule has 15 heavy (non-hydrogen) atoms. The Hall–Kier alpha value is -1.26. The van der Waals surface area contributed by atoms with Gasteiger partial charge in [-0.25, -0.2) is 9.97 Å². The normalized spacial score (nSPS) is 9.73. The van der Waals surface area contributed by atoms with Crippen LogP contribution in [-0.2, 0) is 0 Å². The molecule has 0 bridgehead atoms. The van der Waals surface area contributed by atoms with Crippen molar-refractivity contribution in [2.24, 2.45) is 5.11 Å². The first-order chi connectivity index (χ1) is 7.22. The van der Waals surface area contributed by atoms with Crippen LogP contribution in [0.4, 0.5) is 0 Å². The van der Waals surface area contributed by atoms with E-state index in [0.29, 0.717) is 6.54 Å². The topological polar surface area (TPSA) is 74.5 Å². The molecule has 0 unspecified atom stereocenters. The predicted molar refractivity (Wildman–Crippen MR) is 60.9 cm³/mol. The maximum atomic E-state index is 8.08. The number of aromatic nitrogens is 2. The Morgan fingerprint density at radius 3 is 2.67 bits per heavy atom. The van der Waals surface area contributed by atoms with Gasteiger partial charge in [0.1, 0.15) is 0 Å². The van der Waals surface area contributed by atoms with E-state index in [1.165, 1.54) is 0 Å². The van der Waals surface area contributed by atoms with Gasteiger partial charge >= 0.3 is 0 Å². The molecule has 0 fully saturated rings. The molecule has 0 aromatic carbocycles. The molecule has 0 atom stereocenters. The molecule has 0 saturated carbocycles. The highest BCUT2D eigenvalue weighted by molar-refractivity contribution is 7.99. The molecular weight excluding hydrogens is 210 g/mol. The van der Waals surface area contributed by atoms with Crippen molar-refractivity contribution in [3.8, 4) is 0 Å². The Morgan fingerprint density at radius 1 is 1.40 bits per heavy atom. The average Bonchev–Trinajstić information content (AvgIpc) is 2.16. The molecule has 1 rings (SSSR count). The molecule has 0 spiro atoms. The predicted octanol–water partition coefficient (Wildman–Crippen LogP) is 2.89. The van der Waals surface area contributed by atoms with Gasteiger partial charge in [-0.2, -0.15) is 0 Å². The van der Waals surface area contributed by atoms with E-state index >= 15 is 0 Å². The first-order valence-electron chi connectivity index (χ1n) is 4.68. The van der Waals surface area contributed by atoms with Crippen molar-refractivity contribution in [3.05, 3.63) is 27.9 Å². The first kappa shape index (κ1) is 11.8. The average molecular weight is 223 g/mol. The van der Waals surface area contributed by atoms with Crippen LogP contribution >= 0.6 is 11.8 Å². The lowest BCUT2D eigenvalue weighted by atomic mass is 10.4. The summed E-state index contributed by atoms with van der Waals surface area (Å²) in [4.78, 5) is 11.3. The number of nitrogens with zero attached hydrogens (tertiary/aromatic N) is 5. The maximum Gasteiger partial charge on any atom is 0.187 e. The van der Waals surface area contributed by atoms with Crippen molar-refractivity contribution < 1.29 is 0 Å². The molecule has 0 saturated heterocycles. The van der Waals surface area contributed by atoms with E-state index in [-0.39, 0.29) is 0 Å². The van der Waals surface area contributed by atoms with Gasteiger partial charge in [-0.15, -0.1) is 0 Å². The van der Waals surface area contributed by atoms with E-state index in [9.17, 15) is 0 Å². The third-order valence-electron chi connectivity index (χ3n) is 1.66. The SMILES string of the molecule is Cc1cc(C)nc(SCCCN=[N+]=[N-])n1. The zero-order valence-corrected chi connectivity index (χ0v) is 9.66. The van der Waals surface area contributed by atoms with Crippen LogP contribution in [0.15, 0.2) is 16.3 Å². The van der Waals surface area contributed by atoms with Crippen LogP contribution < -0.4 is 0 Å². The second-order valence-corrected chi connectivity index (χ2v) is 4.15. The van der Waals surface area contributed by atoms with Crippen molar-refractivity contribution in [2.75, 3.05) is 12.3 Å². The van der Waals surface area contributed by atoms with Crippen LogP contribution in [0.2, 0.25) is 0 Å². The lowest BCUT2D eigenvalue weighted by Gasteiger charge is -2.01. The fourth-order valence-electron chi connectivity index (χ4n) is 1.10. The Kier molecular flexibility index (Phi) is 4.93. The van der Waals surface area contributed by atoms with Gasteiger partial charge in [-0.05, 0) is 31.9 Å². The highest BCUT2D eigenvalue weighted by Gasteiger charge is 1.99. The van der Waals surface area contributed by atoms with Crippen molar-refractivity contribution in [2.45, 2.75) is 25.4 Å². The Bertz CT molecular complexity index is 353. The Labute approximate surface area is 93.0 Å². The number of hydrogen-bond donors (Lipinski definition) is 0. The van der Waals surface area contributed by atoms with E-state index in [0.717, 1.165) is 28.7 Å². The highest BCUT2D eigenvalue weighted by atomic mass is 32.2. The van der Waals surface area contributed by atoms with Crippen LogP contribution in [0.25, 0.3) is 10.4 Å². The molecule has 1 aromatic heterocycles.